The van der Waals surface area contributed by atoms with Crippen LogP contribution in [0, 0.1) is 12.3 Å². The van der Waals surface area contributed by atoms with Crippen LogP contribution in [0.3, 0.4) is 0 Å². The Hall–Kier alpha value is -1.31. The van der Waals surface area contributed by atoms with Crippen LogP contribution in [0.25, 0.3) is 0 Å². The number of hydrogen-bond acceptors (Lipinski definition) is 2. The van der Waals surface area contributed by atoms with Crippen LogP contribution in [0.5, 0.6) is 0 Å². The first-order valence-corrected chi connectivity index (χ1v) is 5.96. The van der Waals surface area contributed by atoms with E-state index in [0.717, 1.165) is 5.56 Å². The largest absolute Gasteiger partial charge is 0.465 e. The van der Waals surface area contributed by atoms with Gasteiger partial charge in [0.25, 0.3) is 0 Å². The van der Waals surface area contributed by atoms with Crippen molar-refractivity contribution in [2.45, 2.75) is 40.5 Å². The van der Waals surface area contributed by atoms with E-state index in [1.807, 2.05) is 19.1 Å². The van der Waals surface area contributed by atoms with Crippen LogP contribution in [0.1, 0.15) is 55.1 Å². The van der Waals surface area contributed by atoms with Crippen LogP contribution in [0.4, 0.5) is 0 Å². The molecule has 0 aliphatic heterocycles. The van der Waals surface area contributed by atoms with E-state index < -0.39 is 0 Å². The third-order valence-corrected chi connectivity index (χ3v) is 3.45. The highest BCUT2D eigenvalue weighted by Gasteiger charge is 2.22. The minimum atomic E-state index is -0.266. The first-order valence-electron chi connectivity index (χ1n) is 5.96. The van der Waals surface area contributed by atoms with Crippen molar-refractivity contribution in [3.05, 3.63) is 34.9 Å². The lowest BCUT2D eigenvalue weighted by Crippen LogP contribution is -2.16. The third kappa shape index (κ3) is 3.09. The second kappa shape index (κ2) is 4.91. The van der Waals surface area contributed by atoms with E-state index in [1.54, 1.807) is 0 Å². The van der Waals surface area contributed by atoms with Crippen molar-refractivity contribution in [1.29, 1.82) is 0 Å². The Morgan fingerprint density at radius 3 is 2.29 bits per heavy atom. The Kier molecular flexibility index (Phi) is 3.97. The van der Waals surface area contributed by atoms with Gasteiger partial charge >= 0.3 is 5.97 Å². The Balaban J connectivity index is 3.09. The summed E-state index contributed by atoms with van der Waals surface area (Å²) in [7, 11) is 1.41. The summed E-state index contributed by atoms with van der Waals surface area (Å²) >= 11 is 0. The maximum Gasteiger partial charge on any atom is 0.338 e. The molecule has 0 N–H and O–H groups in total. The fourth-order valence-corrected chi connectivity index (χ4v) is 1.80. The fourth-order valence-electron chi connectivity index (χ4n) is 1.80. The zero-order valence-electron chi connectivity index (χ0n) is 11.6. The van der Waals surface area contributed by atoms with Crippen LogP contribution in [-0.2, 0) is 4.74 Å². The molecule has 2 nitrogen and oxygen atoms in total. The highest BCUT2D eigenvalue weighted by molar-refractivity contribution is 5.91. The van der Waals surface area contributed by atoms with Gasteiger partial charge in [-0.15, -0.1) is 0 Å². The molecule has 0 amide bonds. The van der Waals surface area contributed by atoms with Crippen molar-refractivity contribution in [3.63, 3.8) is 0 Å². The number of hydrogen-bond donors (Lipinski definition) is 0. The summed E-state index contributed by atoms with van der Waals surface area (Å²) in [5, 5.41) is 0. The average molecular weight is 234 g/mol. The molecule has 0 aromatic heterocycles. The summed E-state index contributed by atoms with van der Waals surface area (Å²) < 4.78 is 4.75. The molecule has 2 heteroatoms. The zero-order chi connectivity index (χ0) is 13.2. The topological polar surface area (TPSA) is 26.3 Å². The van der Waals surface area contributed by atoms with Crippen LogP contribution < -0.4 is 0 Å². The van der Waals surface area contributed by atoms with Gasteiger partial charge in [0.05, 0.1) is 12.7 Å². The van der Waals surface area contributed by atoms with Gasteiger partial charge in [0.1, 0.15) is 0 Å². The van der Waals surface area contributed by atoms with Gasteiger partial charge in [-0.2, -0.15) is 0 Å². The molecular formula is C15H22O2. The zero-order valence-corrected chi connectivity index (χ0v) is 11.6. The van der Waals surface area contributed by atoms with Gasteiger partial charge in [-0.3, -0.25) is 0 Å². The number of aryl methyl sites for hydroxylation is 1. The van der Waals surface area contributed by atoms with Gasteiger partial charge in [-0.1, -0.05) is 39.8 Å². The molecule has 94 valence electrons. The average Bonchev–Trinajstić information content (AvgIpc) is 2.25. The Morgan fingerprint density at radius 1 is 1.29 bits per heavy atom. The first-order chi connectivity index (χ1) is 7.77. The second-order valence-corrected chi connectivity index (χ2v) is 5.65. The van der Waals surface area contributed by atoms with Crippen molar-refractivity contribution in [3.8, 4) is 0 Å². The van der Waals surface area contributed by atoms with Gasteiger partial charge in [0.15, 0.2) is 0 Å². The predicted octanol–water partition coefficient (Wildman–Crippen LogP) is 3.93. The molecule has 0 saturated heterocycles. The van der Waals surface area contributed by atoms with Gasteiger partial charge in [-0.05, 0) is 35.4 Å². The number of esters is 1. The van der Waals surface area contributed by atoms with E-state index in [2.05, 4.69) is 33.8 Å². The molecule has 0 radical (unpaired) electrons. The van der Waals surface area contributed by atoms with Crippen LogP contribution in [0.15, 0.2) is 18.2 Å². The van der Waals surface area contributed by atoms with Gasteiger partial charge in [-0.25, -0.2) is 4.79 Å². The summed E-state index contributed by atoms with van der Waals surface area (Å²) in [6.07, 6.45) is 0. The minimum Gasteiger partial charge on any atom is -0.465 e. The lowest BCUT2D eigenvalue weighted by atomic mass is 9.77. The number of methoxy groups -OCH3 is 1. The monoisotopic (exact) mass is 234 g/mol. The number of benzene rings is 1. The lowest BCUT2D eigenvalue weighted by Gasteiger charge is -2.28. The molecular weight excluding hydrogens is 212 g/mol. The van der Waals surface area contributed by atoms with E-state index in [4.69, 9.17) is 4.74 Å². The lowest BCUT2D eigenvalue weighted by molar-refractivity contribution is 0.0600. The highest BCUT2D eigenvalue weighted by atomic mass is 16.5. The maximum atomic E-state index is 11.5. The summed E-state index contributed by atoms with van der Waals surface area (Å²) in [6.45, 7) is 10.8. The standard InChI is InChI=1S/C15H22O2/c1-10-9-12(11(2)15(3,4)5)7-8-13(10)14(16)17-6/h7-9,11H,1-6H3. The van der Waals surface area contributed by atoms with E-state index in [9.17, 15) is 4.79 Å². The van der Waals surface area contributed by atoms with Gasteiger partial charge in [0.2, 0.25) is 0 Å². The molecule has 1 atom stereocenters. The van der Waals surface area contributed by atoms with E-state index in [-0.39, 0.29) is 11.4 Å². The number of carbonyl (C=O) groups is 1. The van der Waals surface area contributed by atoms with Crippen molar-refractivity contribution in [1.82, 2.24) is 0 Å². The maximum absolute atomic E-state index is 11.5. The van der Waals surface area contributed by atoms with Crippen molar-refractivity contribution >= 4 is 5.97 Å². The molecule has 0 aliphatic carbocycles. The van der Waals surface area contributed by atoms with Crippen molar-refractivity contribution in [2.24, 2.45) is 5.41 Å². The quantitative estimate of drug-likeness (QED) is 0.725. The van der Waals surface area contributed by atoms with Gasteiger partial charge < -0.3 is 4.74 Å². The molecule has 1 rings (SSSR count). The summed E-state index contributed by atoms with van der Waals surface area (Å²) in [6, 6.07) is 5.97. The van der Waals surface area contributed by atoms with Crippen molar-refractivity contribution < 1.29 is 9.53 Å². The molecule has 1 aromatic rings. The normalized spacial score (nSPS) is 13.3. The van der Waals surface area contributed by atoms with Crippen LogP contribution >= 0.6 is 0 Å². The molecule has 0 aliphatic rings. The second-order valence-electron chi connectivity index (χ2n) is 5.65. The molecule has 1 aromatic carbocycles. The highest BCUT2D eigenvalue weighted by Crippen LogP contribution is 2.35. The molecule has 0 fully saturated rings. The fraction of sp³-hybridized carbons (Fsp3) is 0.533. The summed E-state index contributed by atoms with van der Waals surface area (Å²) in [4.78, 5) is 11.5. The molecule has 0 heterocycles. The smallest absolute Gasteiger partial charge is 0.338 e. The van der Waals surface area contributed by atoms with Crippen LogP contribution in [-0.4, -0.2) is 13.1 Å². The molecule has 1 unspecified atom stereocenters. The molecule has 17 heavy (non-hydrogen) atoms. The van der Waals surface area contributed by atoms with E-state index >= 15 is 0 Å². The number of carbonyl (C=O) groups excluding carboxylic acids is 1. The number of rotatable bonds is 2. The summed E-state index contributed by atoms with van der Waals surface area (Å²) in [5.41, 5.74) is 3.12. The van der Waals surface area contributed by atoms with E-state index in [0.29, 0.717) is 11.5 Å². The Bertz CT molecular complexity index is 413. The third-order valence-electron chi connectivity index (χ3n) is 3.45. The minimum absolute atomic E-state index is 0.221. The molecule has 0 saturated carbocycles. The molecule has 0 spiro atoms. The number of ether oxygens (including phenoxy) is 1. The first kappa shape index (κ1) is 13.8. The van der Waals surface area contributed by atoms with E-state index in [1.165, 1.54) is 12.7 Å². The van der Waals surface area contributed by atoms with Crippen LogP contribution in [0.2, 0.25) is 0 Å². The predicted molar refractivity (Wildman–Crippen MR) is 70.4 cm³/mol. The Labute approximate surface area is 104 Å². The van der Waals surface area contributed by atoms with Crippen molar-refractivity contribution in [2.75, 3.05) is 7.11 Å². The Morgan fingerprint density at radius 2 is 1.88 bits per heavy atom. The molecule has 0 bridgehead atoms. The SMILES string of the molecule is COC(=O)c1ccc(C(C)C(C)(C)C)cc1C. The summed E-state index contributed by atoms with van der Waals surface area (Å²) in [5.74, 6) is 0.186. The van der Waals surface area contributed by atoms with Gasteiger partial charge in [0, 0.05) is 0 Å².